The monoisotopic (exact) mass is 266 g/mol. The maximum Gasteiger partial charge on any atom is 0.130 e. The summed E-state index contributed by atoms with van der Waals surface area (Å²) < 4.78 is 0. The summed E-state index contributed by atoms with van der Waals surface area (Å²) in [6, 6.07) is 1.96. The van der Waals surface area contributed by atoms with Gasteiger partial charge in [-0.3, -0.25) is 0 Å². The molecule has 0 aromatic carbocycles. The van der Waals surface area contributed by atoms with Crippen LogP contribution < -0.4 is 10.6 Å². The standard InChI is InChI=1S/C11H18N4.C3H8O/c1-14(2)11-6-9(12)8-7-15(3)5-4-10(8)13-11;1-3(2)4/h6H,4-5,7H2,1-3H3,(H2,12,13);3-4H,1-2H3. The molecule has 5 heteroatoms. The lowest BCUT2D eigenvalue weighted by atomic mass is 10.0. The fourth-order valence-electron chi connectivity index (χ4n) is 1.90. The summed E-state index contributed by atoms with van der Waals surface area (Å²) in [5, 5.41) is 8.06. The van der Waals surface area contributed by atoms with Gasteiger partial charge in [0.2, 0.25) is 0 Å². The van der Waals surface area contributed by atoms with Gasteiger partial charge < -0.3 is 20.6 Å². The summed E-state index contributed by atoms with van der Waals surface area (Å²) in [5.74, 6) is 0.954. The summed E-state index contributed by atoms with van der Waals surface area (Å²) in [4.78, 5) is 8.90. The molecule has 19 heavy (non-hydrogen) atoms. The fraction of sp³-hybridized carbons (Fsp3) is 0.643. The van der Waals surface area contributed by atoms with Crippen molar-refractivity contribution < 1.29 is 5.11 Å². The highest BCUT2D eigenvalue weighted by molar-refractivity contribution is 5.58. The summed E-state index contributed by atoms with van der Waals surface area (Å²) >= 11 is 0. The number of likely N-dealkylation sites (N-methyl/N-ethyl adjacent to an activating group) is 1. The van der Waals surface area contributed by atoms with Crippen LogP contribution in [0.3, 0.4) is 0 Å². The summed E-state index contributed by atoms with van der Waals surface area (Å²) in [5.41, 5.74) is 9.29. The quantitative estimate of drug-likeness (QED) is 0.797. The van der Waals surface area contributed by atoms with E-state index < -0.39 is 0 Å². The van der Waals surface area contributed by atoms with Crippen molar-refractivity contribution in [3.63, 3.8) is 0 Å². The van der Waals surface area contributed by atoms with Crippen molar-refractivity contribution in [2.24, 2.45) is 0 Å². The number of aliphatic hydroxyl groups is 1. The van der Waals surface area contributed by atoms with Gasteiger partial charge in [0.1, 0.15) is 5.82 Å². The van der Waals surface area contributed by atoms with E-state index in [0.717, 1.165) is 36.7 Å². The van der Waals surface area contributed by atoms with Gasteiger partial charge in [-0.25, -0.2) is 4.98 Å². The first-order valence-electron chi connectivity index (χ1n) is 6.63. The number of rotatable bonds is 1. The Morgan fingerprint density at radius 1 is 1.42 bits per heavy atom. The van der Waals surface area contributed by atoms with Crippen molar-refractivity contribution in [3.05, 3.63) is 17.3 Å². The maximum atomic E-state index is 8.06. The maximum absolute atomic E-state index is 8.06. The van der Waals surface area contributed by atoms with Gasteiger partial charge in [-0.1, -0.05) is 0 Å². The lowest BCUT2D eigenvalue weighted by Gasteiger charge is -2.26. The van der Waals surface area contributed by atoms with Gasteiger partial charge in [0, 0.05) is 57.0 Å². The second-order valence-electron chi connectivity index (χ2n) is 5.47. The van der Waals surface area contributed by atoms with Crippen molar-refractivity contribution in [2.75, 3.05) is 38.3 Å². The zero-order chi connectivity index (χ0) is 14.6. The average molecular weight is 266 g/mol. The van der Waals surface area contributed by atoms with E-state index in [1.54, 1.807) is 13.8 Å². The molecule has 1 aliphatic rings. The van der Waals surface area contributed by atoms with Crippen LogP contribution in [0.5, 0.6) is 0 Å². The molecule has 2 heterocycles. The van der Waals surface area contributed by atoms with Crippen molar-refractivity contribution in [1.82, 2.24) is 9.88 Å². The largest absolute Gasteiger partial charge is 0.398 e. The van der Waals surface area contributed by atoms with Gasteiger partial charge in [0.15, 0.2) is 0 Å². The van der Waals surface area contributed by atoms with E-state index in [9.17, 15) is 0 Å². The highest BCUT2D eigenvalue weighted by Crippen LogP contribution is 2.25. The minimum atomic E-state index is -0.167. The molecule has 0 unspecified atom stereocenters. The second kappa shape index (κ2) is 6.73. The van der Waals surface area contributed by atoms with E-state index in [1.807, 2.05) is 25.1 Å². The van der Waals surface area contributed by atoms with Gasteiger partial charge in [-0.2, -0.15) is 0 Å². The third kappa shape index (κ3) is 4.69. The fourth-order valence-corrected chi connectivity index (χ4v) is 1.90. The molecule has 1 aromatic rings. The zero-order valence-corrected chi connectivity index (χ0v) is 12.6. The Morgan fingerprint density at radius 3 is 2.53 bits per heavy atom. The number of anilines is 2. The van der Waals surface area contributed by atoms with Gasteiger partial charge in [-0.05, 0) is 20.9 Å². The number of nitrogens with zero attached hydrogens (tertiary/aromatic N) is 3. The predicted octanol–water partition coefficient (Wildman–Crippen LogP) is 1.10. The third-order valence-electron chi connectivity index (χ3n) is 2.85. The minimum absolute atomic E-state index is 0.167. The molecule has 0 atom stereocenters. The molecule has 1 aliphatic heterocycles. The van der Waals surface area contributed by atoms with Crippen LogP contribution in [-0.2, 0) is 13.0 Å². The molecule has 0 radical (unpaired) electrons. The summed E-state index contributed by atoms with van der Waals surface area (Å²) in [7, 11) is 6.09. The lowest BCUT2D eigenvalue weighted by molar-refractivity contribution is 0.216. The zero-order valence-electron chi connectivity index (χ0n) is 12.6. The first-order valence-corrected chi connectivity index (χ1v) is 6.63. The van der Waals surface area contributed by atoms with Gasteiger partial charge in [-0.15, -0.1) is 0 Å². The molecule has 1 aromatic heterocycles. The molecule has 0 aliphatic carbocycles. The van der Waals surface area contributed by atoms with Crippen LogP contribution in [-0.4, -0.2) is 48.8 Å². The number of nitrogen functional groups attached to an aromatic ring is 1. The Bertz CT molecular complexity index is 415. The molecule has 5 nitrogen and oxygen atoms in total. The normalized spacial score (nSPS) is 14.7. The van der Waals surface area contributed by atoms with Gasteiger partial charge >= 0.3 is 0 Å². The van der Waals surface area contributed by atoms with Crippen LogP contribution in [0.4, 0.5) is 11.5 Å². The molecule has 0 saturated carbocycles. The van der Waals surface area contributed by atoms with Crippen LogP contribution in [0.2, 0.25) is 0 Å². The highest BCUT2D eigenvalue weighted by atomic mass is 16.3. The van der Waals surface area contributed by atoms with Crippen LogP contribution in [0.25, 0.3) is 0 Å². The number of pyridine rings is 1. The Kier molecular flexibility index (Phi) is 5.57. The van der Waals surface area contributed by atoms with Crippen molar-refractivity contribution in [2.45, 2.75) is 32.9 Å². The average Bonchev–Trinajstić information content (AvgIpc) is 2.29. The number of aliphatic hydroxyl groups excluding tert-OH is 1. The van der Waals surface area contributed by atoms with E-state index in [4.69, 9.17) is 10.8 Å². The Morgan fingerprint density at radius 2 is 2.00 bits per heavy atom. The second-order valence-corrected chi connectivity index (χ2v) is 5.47. The third-order valence-corrected chi connectivity index (χ3v) is 2.85. The van der Waals surface area contributed by atoms with E-state index in [0.29, 0.717) is 0 Å². The smallest absolute Gasteiger partial charge is 0.130 e. The van der Waals surface area contributed by atoms with Gasteiger partial charge in [0.05, 0.1) is 5.69 Å². The van der Waals surface area contributed by atoms with Crippen LogP contribution in [0, 0.1) is 0 Å². The SMILES string of the molecule is CC(C)O.CN1CCc2nc(N(C)C)cc(N)c2C1. The Balaban J connectivity index is 0.000000399. The van der Waals surface area contributed by atoms with Gasteiger partial charge in [0.25, 0.3) is 0 Å². The lowest BCUT2D eigenvalue weighted by Crippen LogP contribution is -2.28. The molecular weight excluding hydrogens is 240 g/mol. The number of nitrogens with two attached hydrogens (primary N) is 1. The Hall–Kier alpha value is -1.33. The molecule has 108 valence electrons. The molecule has 0 fully saturated rings. The molecular formula is C14H26N4O. The van der Waals surface area contributed by atoms with E-state index in [2.05, 4.69) is 16.9 Å². The van der Waals surface area contributed by atoms with E-state index in [-0.39, 0.29) is 6.10 Å². The molecule has 0 saturated heterocycles. The number of aromatic nitrogens is 1. The van der Waals surface area contributed by atoms with Crippen molar-refractivity contribution in [1.29, 1.82) is 0 Å². The van der Waals surface area contributed by atoms with Crippen molar-refractivity contribution >= 4 is 11.5 Å². The van der Waals surface area contributed by atoms with Crippen LogP contribution >= 0.6 is 0 Å². The molecule has 3 N–H and O–H groups in total. The van der Waals surface area contributed by atoms with E-state index in [1.165, 1.54) is 5.56 Å². The number of hydrogen-bond donors (Lipinski definition) is 2. The summed E-state index contributed by atoms with van der Waals surface area (Å²) in [6.45, 7) is 5.43. The molecule has 0 spiro atoms. The predicted molar refractivity (Wildman–Crippen MR) is 80.4 cm³/mol. The first kappa shape index (κ1) is 15.7. The van der Waals surface area contributed by atoms with E-state index >= 15 is 0 Å². The van der Waals surface area contributed by atoms with Crippen LogP contribution in [0.1, 0.15) is 25.1 Å². The van der Waals surface area contributed by atoms with Crippen LogP contribution in [0.15, 0.2) is 6.07 Å². The number of hydrogen-bond acceptors (Lipinski definition) is 5. The topological polar surface area (TPSA) is 65.6 Å². The first-order chi connectivity index (χ1) is 8.81. The van der Waals surface area contributed by atoms with Crippen molar-refractivity contribution in [3.8, 4) is 0 Å². The molecule has 0 bridgehead atoms. The highest BCUT2D eigenvalue weighted by Gasteiger charge is 2.18. The molecule has 0 amide bonds. The Labute approximate surface area is 116 Å². The summed E-state index contributed by atoms with van der Waals surface area (Å²) in [6.07, 6.45) is 0.831. The molecule has 2 rings (SSSR count). The minimum Gasteiger partial charge on any atom is -0.398 e. The number of fused-ring (bicyclic) bond motifs is 1.